The second-order valence-corrected chi connectivity index (χ2v) is 6.76. The van der Waals surface area contributed by atoms with Crippen LogP contribution in [0, 0.1) is 17.1 Å². The van der Waals surface area contributed by atoms with Gasteiger partial charge in [-0.15, -0.1) is 0 Å². The maximum atomic E-state index is 13.4. The summed E-state index contributed by atoms with van der Waals surface area (Å²) in [7, 11) is 0. The van der Waals surface area contributed by atoms with Gasteiger partial charge in [0.1, 0.15) is 23.6 Å². The summed E-state index contributed by atoms with van der Waals surface area (Å²) < 4.78 is 79.7. The highest BCUT2D eigenvalue weighted by Gasteiger charge is 2.36. The second kappa shape index (κ2) is 9.23. The smallest absolute Gasteiger partial charge is 0.337 e. The number of carbonyl (C=O) groups excluding carboxylic acids is 1. The third-order valence-electron chi connectivity index (χ3n) is 3.63. The molecule has 2 rings (SSSR count). The topological polar surface area (TPSA) is 69.8 Å². The molecular formula is C17H14F6N4OS. The van der Waals surface area contributed by atoms with E-state index in [0.717, 1.165) is 35.9 Å². The Labute approximate surface area is 165 Å². The highest BCUT2D eigenvalue weighted by Crippen LogP contribution is 2.26. The van der Waals surface area contributed by atoms with Gasteiger partial charge in [0.05, 0.1) is 12.1 Å². The first kappa shape index (κ1) is 22.6. The number of rotatable bonds is 7. The number of halogens is 6. The van der Waals surface area contributed by atoms with Crippen LogP contribution in [0.1, 0.15) is 23.0 Å². The number of nitrogens with one attached hydrogen (secondary N) is 2. The molecule has 156 valence electrons. The number of alkyl halides is 5. The minimum Gasteiger partial charge on any atom is -0.337 e. The third-order valence-corrected chi connectivity index (χ3v) is 4.56. The number of benzene rings is 1. The second-order valence-electron chi connectivity index (χ2n) is 5.85. The Morgan fingerprint density at radius 2 is 2.00 bits per heavy atom. The van der Waals surface area contributed by atoms with Crippen LogP contribution in [0.3, 0.4) is 0 Å². The van der Waals surface area contributed by atoms with Crippen molar-refractivity contribution >= 4 is 23.5 Å². The van der Waals surface area contributed by atoms with Gasteiger partial charge in [-0.3, -0.25) is 4.79 Å². The van der Waals surface area contributed by atoms with Crippen molar-refractivity contribution in [3.63, 3.8) is 0 Å². The van der Waals surface area contributed by atoms with Crippen LogP contribution in [0.5, 0.6) is 0 Å². The zero-order valence-electron chi connectivity index (χ0n) is 14.7. The minimum absolute atomic E-state index is 0.0516. The van der Waals surface area contributed by atoms with Crippen LogP contribution in [-0.4, -0.2) is 29.1 Å². The summed E-state index contributed by atoms with van der Waals surface area (Å²) in [6, 6.07) is 4.07. The number of nitrogens with zero attached hydrogens (tertiary/aromatic N) is 2. The molecule has 1 aromatic carbocycles. The van der Waals surface area contributed by atoms with Crippen molar-refractivity contribution < 1.29 is 31.1 Å². The van der Waals surface area contributed by atoms with Crippen LogP contribution in [0.2, 0.25) is 0 Å². The zero-order chi connectivity index (χ0) is 21.8. The van der Waals surface area contributed by atoms with Crippen molar-refractivity contribution in [3.8, 4) is 6.07 Å². The van der Waals surface area contributed by atoms with Gasteiger partial charge in [-0.25, -0.2) is 17.9 Å². The molecule has 2 N–H and O–H groups in total. The van der Waals surface area contributed by atoms with Gasteiger partial charge in [0, 0.05) is 16.8 Å². The Morgan fingerprint density at radius 3 is 2.59 bits per heavy atom. The van der Waals surface area contributed by atoms with Gasteiger partial charge in [0.25, 0.3) is 12.3 Å². The predicted molar refractivity (Wildman–Crippen MR) is 94.0 cm³/mol. The molecular weight excluding hydrogens is 422 g/mol. The lowest BCUT2D eigenvalue weighted by Gasteiger charge is -2.15. The molecule has 1 unspecified atom stereocenters. The van der Waals surface area contributed by atoms with Gasteiger partial charge in [-0.05, 0) is 43.1 Å². The fourth-order valence-electron chi connectivity index (χ4n) is 2.14. The van der Waals surface area contributed by atoms with Crippen LogP contribution in [0.25, 0.3) is 0 Å². The molecule has 0 aliphatic carbocycles. The van der Waals surface area contributed by atoms with E-state index < -0.39 is 36.9 Å². The number of hydrogen-bond donors (Lipinski definition) is 2. The molecule has 0 aliphatic heterocycles. The summed E-state index contributed by atoms with van der Waals surface area (Å²) in [5, 5.41) is 11.2. The van der Waals surface area contributed by atoms with Gasteiger partial charge >= 0.3 is 6.18 Å². The lowest BCUT2D eigenvalue weighted by atomic mass is 10.2. The normalized spacial score (nSPS) is 12.7. The summed E-state index contributed by atoms with van der Waals surface area (Å²) in [5.41, 5.74) is -0.514. The molecule has 0 aliphatic rings. The highest BCUT2D eigenvalue weighted by molar-refractivity contribution is 7.97. The monoisotopic (exact) mass is 436 g/mol. The Balaban J connectivity index is 2.22. The predicted octanol–water partition coefficient (Wildman–Crippen LogP) is 4.56. The van der Waals surface area contributed by atoms with Crippen LogP contribution >= 0.6 is 11.9 Å². The standard InChI is InChI=1S/C17H14F6N4OS/c1-9(17(21,22)23)26-29-12-5-14(27(7-12)8-15(19)20)16(28)25-11-2-3-13(18)10(4-11)6-24/h2-5,7,9,15,26H,8H2,1H3,(H,25,28). The van der Waals surface area contributed by atoms with Crippen molar-refractivity contribution in [2.75, 3.05) is 5.32 Å². The Morgan fingerprint density at radius 1 is 1.31 bits per heavy atom. The molecule has 1 atom stereocenters. The van der Waals surface area contributed by atoms with E-state index in [1.807, 2.05) is 0 Å². The van der Waals surface area contributed by atoms with E-state index in [1.54, 1.807) is 6.07 Å². The highest BCUT2D eigenvalue weighted by atomic mass is 32.2. The van der Waals surface area contributed by atoms with E-state index in [2.05, 4.69) is 10.0 Å². The number of aromatic nitrogens is 1. The fraction of sp³-hybridized carbons (Fsp3) is 0.294. The van der Waals surface area contributed by atoms with Gasteiger partial charge in [-0.2, -0.15) is 18.4 Å². The lowest BCUT2D eigenvalue weighted by Crippen LogP contribution is -2.35. The molecule has 0 saturated carbocycles. The number of amides is 1. The Hall–Kier alpha value is -2.65. The summed E-state index contributed by atoms with van der Waals surface area (Å²) in [4.78, 5) is 12.6. The van der Waals surface area contributed by atoms with Crippen molar-refractivity contribution in [3.05, 3.63) is 47.5 Å². The van der Waals surface area contributed by atoms with Crippen molar-refractivity contribution in [1.29, 1.82) is 5.26 Å². The van der Waals surface area contributed by atoms with Gasteiger partial charge in [0.15, 0.2) is 0 Å². The average Bonchev–Trinajstić information content (AvgIpc) is 3.02. The molecule has 12 heteroatoms. The van der Waals surface area contributed by atoms with Crippen molar-refractivity contribution in [2.24, 2.45) is 0 Å². The molecule has 1 heterocycles. The molecule has 5 nitrogen and oxygen atoms in total. The summed E-state index contributed by atoms with van der Waals surface area (Å²) >= 11 is 0.541. The minimum atomic E-state index is -4.50. The largest absolute Gasteiger partial charge is 0.404 e. The van der Waals surface area contributed by atoms with E-state index in [-0.39, 0.29) is 21.8 Å². The Kier molecular flexibility index (Phi) is 7.21. The van der Waals surface area contributed by atoms with Gasteiger partial charge < -0.3 is 9.88 Å². The van der Waals surface area contributed by atoms with Crippen LogP contribution in [0.15, 0.2) is 35.4 Å². The molecule has 1 aromatic heterocycles. The maximum Gasteiger partial charge on any atom is 0.404 e. The molecule has 2 aromatic rings. The first-order valence-corrected chi connectivity index (χ1v) is 8.81. The van der Waals surface area contributed by atoms with Gasteiger partial charge in [-0.1, -0.05) is 0 Å². The SMILES string of the molecule is CC(NSc1cc(C(=O)Nc2ccc(F)c(C#N)c2)n(CC(F)F)c1)C(F)(F)F. The van der Waals surface area contributed by atoms with Crippen molar-refractivity contribution in [1.82, 2.24) is 9.29 Å². The number of nitriles is 1. The fourth-order valence-corrected chi connectivity index (χ4v) is 2.93. The van der Waals surface area contributed by atoms with Crippen LogP contribution in [0.4, 0.5) is 32.0 Å². The Bertz CT molecular complexity index is 922. The van der Waals surface area contributed by atoms with Crippen LogP contribution < -0.4 is 10.0 Å². The van der Waals surface area contributed by atoms with Crippen molar-refractivity contribution in [2.45, 2.75) is 37.0 Å². The molecule has 1 amide bonds. The lowest BCUT2D eigenvalue weighted by molar-refractivity contribution is -0.146. The number of anilines is 1. The first-order chi connectivity index (χ1) is 13.5. The van der Waals surface area contributed by atoms with E-state index in [0.29, 0.717) is 11.9 Å². The van der Waals surface area contributed by atoms with Gasteiger partial charge in [0.2, 0.25) is 0 Å². The summed E-state index contributed by atoms with van der Waals surface area (Å²) in [5.74, 6) is -1.65. The molecule has 0 fully saturated rings. The van der Waals surface area contributed by atoms with E-state index in [9.17, 15) is 31.1 Å². The van der Waals surface area contributed by atoms with E-state index in [4.69, 9.17) is 5.26 Å². The molecule has 0 radical (unpaired) electrons. The molecule has 0 spiro atoms. The number of hydrogen-bond acceptors (Lipinski definition) is 4. The van der Waals surface area contributed by atoms with Crippen LogP contribution in [-0.2, 0) is 6.54 Å². The maximum absolute atomic E-state index is 13.4. The summed E-state index contributed by atoms with van der Waals surface area (Å²) in [6.45, 7) is 0.0308. The first-order valence-electron chi connectivity index (χ1n) is 7.99. The van der Waals surface area contributed by atoms with E-state index in [1.165, 1.54) is 6.07 Å². The van der Waals surface area contributed by atoms with E-state index >= 15 is 0 Å². The summed E-state index contributed by atoms with van der Waals surface area (Å²) in [6.07, 6.45) is -6.20. The zero-order valence-corrected chi connectivity index (χ0v) is 15.5. The average molecular weight is 436 g/mol. The molecule has 0 saturated heterocycles. The molecule has 29 heavy (non-hydrogen) atoms. The number of carbonyl (C=O) groups is 1. The molecule has 0 bridgehead atoms. The third kappa shape index (κ3) is 6.16. The quantitative estimate of drug-likeness (QED) is 0.493.